The molecule has 1 saturated heterocycles. The molecule has 1 fully saturated rings. The Morgan fingerprint density at radius 2 is 1.39 bits per heavy atom. The Bertz CT molecular complexity index is 1200. The van der Waals surface area contributed by atoms with Crippen LogP contribution < -0.4 is 4.90 Å². The van der Waals surface area contributed by atoms with Crippen LogP contribution in [0.5, 0.6) is 0 Å². The lowest BCUT2D eigenvalue weighted by atomic mass is 9.59. The monoisotopic (exact) mass is 437 g/mol. The van der Waals surface area contributed by atoms with Gasteiger partial charge in [0.05, 0.1) is 5.92 Å². The van der Waals surface area contributed by atoms with Crippen LogP contribution in [0.1, 0.15) is 54.4 Å². The number of hydrogen-bond donors (Lipinski definition) is 0. The third-order valence-corrected chi connectivity index (χ3v) is 7.68. The van der Waals surface area contributed by atoms with Gasteiger partial charge in [-0.3, -0.25) is 9.59 Å². The lowest BCUT2D eigenvalue weighted by molar-refractivity contribution is -0.163. The van der Waals surface area contributed by atoms with Crippen LogP contribution in [-0.4, -0.2) is 24.5 Å². The van der Waals surface area contributed by atoms with Gasteiger partial charge in [0.25, 0.3) is 5.91 Å². The van der Waals surface area contributed by atoms with Gasteiger partial charge in [0.15, 0.2) is 6.10 Å². The van der Waals surface area contributed by atoms with E-state index < -0.39 is 11.5 Å². The number of rotatable bonds is 3. The number of fused-ring (bicyclic) bond motifs is 1. The highest BCUT2D eigenvalue weighted by Gasteiger charge is 2.52. The van der Waals surface area contributed by atoms with Crippen LogP contribution >= 0.6 is 0 Å². The number of amides is 1. The molecule has 4 heteroatoms. The van der Waals surface area contributed by atoms with Crippen molar-refractivity contribution in [1.29, 1.82) is 0 Å². The van der Waals surface area contributed by atoms with Crippen molar-refractivity contribution in [2.75, 3.05) is 11.4 Å². The van der Waals surface area contributed by atoms with Gasteiger partial charge in [-0.1, -0.05) is 80.6 Å². The van der Waals surface area contributed by atoms with Crippen molar-refractivity contribution in [2.45, 2.75) is 38.2 Å². The van der Waals surface area contributed by atoms with Gasteiger partial charge >= 0.3 is 5.97 Å². The third-order valence-electron chi connectivity index (χ3n) is 7.68. The van der Waals surface area contributed by atoms with Crippen LogP contribution in [-0.2, 0) is 14.3 Å². The summed E-state index contributed by atoms with van der Waals surface area (Å²) in [7, 11) is 0. The summed E-state index contributed by atoms with van der Waals surface area (Å²) in [6.45, 7) is 4.53. The number of hydrogen-bond acceptors (Lipinski definition) is 3. The van der Waals surface area contributed by atoms with Crippen LogP contribution in [0.3, 0.4) is 0 Å². The summed E-state index contributed by atoms with van der Waals surface area (Å²) < 4.78 is 6.08. The molecule has 7 rings (SSSR count). The lowest BCUT2D eigenvalue weighted by Crippen LogP contribution is -2.42. The summed E-state index contributed by atoms with van der Waals surface area (Å²) in [5.74, 6) is -0.515. The molecular formula is C29H27NO3. The first kappa shape index (κ1) is 20.2. The number of carbonyl (C=O) groups excluding carboxylic acids is 2. The Morgan fingerprint density at radius 3 is 2.00 bits per heavy atom. The van der Waals surface area contributed by atoms with Crippen molar-refractivity contribution in [1.82, 2.24) is 0 Å². The first-order chi connectivity index (χ1) is 16.0. The van der Waals surface area contributed by atoms with E-state index in [-0.39, 0.29) is 29.6 Å². The molecule has 0 aromatic heterocycles. The van der Waals surface area contributed by atoms with Gasteiger partial charge in [-0.25, -0.2) is 0 Å². The number of para-hydroxylation sites is 1. The minimum Gasteiger partial charge on any atom is -0.451 e. The van der Waals surface area contributed by atoms with E-state index in [2.05, 4.69) is 36.4 Å². The molecule has 3 aromatic rings. The van der Waals surface area contributed by atoms with Crippen LogP contribution in [0.25, 0.3) is 0 Å². The smallest absolute Gasteiger partial charge is 0.310 e. The van der Waals surface area contributed by atoms with Gasteiger partial charge in [0.2, 0.25) is 0 Å². The molecule has 33 heavy (non-hydrogen) atoms. The van der Waals surface area contributed by atoms with Gasteiger partial charge in [0.1, 0.15) is 0 Å². The summed E-state index contributed by atoms with van der Waals surface area (Å²) in [5.41, 5.74) is 5.45. The minimum atomic E-state index is -0.781. The predicted octanol–water partition coefficient (Wildman–Crippen LogP) is 5.27. The zero-order valence-corrected chi connectivity index (χ0v) is 18.9. The normalized spacial score (nSPS) is 26.6. The van der Waals surface area contributed by atoms with Gasteiger partial charge in [0, 0.05) is 29.5 Å². The van der Waals surface area contributed by atoms with Crippen molar-refractivity contribution in [3.05, 3.63) is 101 Å². The second kappa shape index (κ2) is 7.31. The van der Waals surface area contributed by atoms with E-state index in [0.717, 1.165) is 12.1 Å². The second-order valence-corrected chi connectivity index (χ2v) is 10.2. The highest BCUT2D eigenvalue weighted by Crippen LogP contribution is 2.55. The van der Waals surface area contributed by atoms with Crippen molar-refractivity contribution in [2.24, 2.45) is 11.3 Å². The molecule has 2 bridgehead atoms. The molecule has 3 aliphatic carbocycles. The van der Waals surface area contributed by atoms with E-state index in [4.69, 9.17) is 4.74 Å². The highest BCUT2D eigenvalue weighted by atomic mass is 16.6. The number of benzene rings is 3. The molecule has 0 spiro atoms. The number of ether oxygens (including phenoxy) is 1. The fraction of sp³-hybridized carbons (Fsp3) is 0.310. The molecule has 2 atom stereocenters. The average Bonchev–Trinajstić information content (AvgIpc) is 3.08. The van der Waals surface area contributed by atoms with E-state index in [9.17, 15) is 9.59 Å². The summed E-state index contributed by atoms with van der Waals surface area (Å²) in [6, 6.07) is 26.5. The van der Waals surface area contributed by atoms with Gasteiger partial charge in [-0.05, 0) is 40.8 Å². The fourth-order valence-corrected chi connectivity index (χ4v) is 6.15. The Balaban J connectivity index is 1.31. The van der Waals surface area contributed by atoms with Crippen LogP contribution in [0.2, 0.25) is 0 Å². The first-order valence-electron chi connectivity index (χ1n) is 11.7. The van der Waals surface area contributed by atoms with E-state index in [1.807, 2.05) is 56.3 Å². The summed E-state index contributed by atoms with van der Waals surface area (Å²) in [6.07, 6.45) is -0.0579. The molecule has 1 aliphatic heterocycles. The standard InChI is InChI=1S/C29H27NO3/c1-29(2)17-30(18-10-4-3-5-11-18)27(31)26(29)33-28(32)24-16-23-19-12-6-8-14-21(19)25(24)22-15-9-7-13-20(22)23/h3-15,23-26H,16-17H2,1-2H3. The SMILES string of the molecule is CC1(C)CN(c2ccccc2)C(=O)C1OC(=O)C1CC2c3ccccc3C1c1ccccc12. The summed E-state index contributed by atoms with van der Waals surface area (Å²) >= 11 is 0. The number of esters is 1. The van der Waals surface area contributed by atoms with Gasteiger partial charge in [-0.2, -0.15) is 0 Å². The molecule has 166 valence electrons. The number of nitrogens with zero attached hydrogens (tertiary/aromatic N) is 1. The van der Waals surface area contributed by atoms with E-state index >= 15 is 0 Å². The molecule has 1 amide bonds. The van der Waals surface area contributed by atoms with Crippen molar-refractivity contribution >= 4 is 17.6 Å². The third kappa shape index (κ3) is 3.04. The maximum Gasteiger partial charge on any atom is 0.310 e. The maximum atomic E-state index is 13.6. The van der Waals surface area contributed by atoms with Crippen molar-refractivity contribution in [3.8, 4) is 0 Å². The Labute approximate surface area is 194 Å². The Hall–Kier alpha value is -3.40. The molecular weight excluding hydrogens is 410 g/mol. The minimum absolute atomic E-state index is 0.0280. The summed E-state index contributed by atoms with van der Waals surface area (Å²) in [5, 5.41) is 0. The zero-order valence-electron chi connectivity index (χ0n) is 18.9. The van der Waals surface area contributed by atoms with Gasteiger partial charge < -0.3 is 9.64 Å². The van der Waals surface area contributed by atoms with Crippen LogP contribution in [0.4, 0.5) is 5.69 Å². The number of carbonyl (C=O) groups is 2. The quantitative estimate of drug-likeness (QED) is 0.525. The van der Waals surface area contributed by atoms with Gasteiger partial charge in [-0.15, -0.1) is 0 Å². The molecule has 4 nitrogen and oxygen atoms in total. The molecule has 0 N–H and O–H groups in total. The predicted molar refractivity (Wildman–Crippen MR) is 127 cm³/mol. The van der Waals surface area contributed by atoms with Crippen LogP contribution in [0.15, 0.2) is 78.9 Å². The fourth-order valence-electron chi connectivity index (χ4n) is 6.15. The molecule has 4 aliphatic rings. The highest BCUT2D eigenvalue weighted by molar-refractivity contribution is 6.01. The zero-order chi connectivity index (χ0) is 22.7. The molecule has 2 unspecified atom stereocenters. The summed E-state index contributed by atoms with van der Waals surface area (Å²) in [4.78, 5) is 28.7. The molecule has 1 heterocycles. The maximum absolute atomic E-state index is 13.6. The Kier molecular flexibility index (Phi) is 4.48. The average molecular weight is 438 g/mol. The molecule has 3 aromatic carbocycles. The van der Waals surface area contributed by atoms with Crippen molar-refractivity contribution < 1.29 is 14.3 Å². The topological polar surface area (TPSA) is 46.6 Å². The molecule has 0 saturated carbocycles. The largest absolute Gasteiger partial charge is 0.451 e. The van der Waals surface area contributed by atoms with E-state index in [1.54, 1.807) is 4.90 Å². The van der Waals surface area contributed by atoms with E-state index in [1.165, 1.54) is 22.3 Å². The second-order valence-electron chi connectivity index (χ2n) is 10.2. The Morgan fingerprint density at radius 1 is 0.848 bits per heavy atom. The number of anilines is 1. The first-order valence-corrected chi connectivity index (χ1v) is 11.7. The van der Waals surface area contributed by atoms with Crippen molar-refractivity contribution in [3.63, 3.8) is 0 Å². The van der Waals surface area contributed by atoms with Crippen LogP contribution in [0, 0.1) is 11.3 Å². The molecule has 0 radical (unpaired) electrons. The lowest BCUT2D eigenvalue weighted by Gasteiger charge is -2.44. The van der Waals surface area contributed by atoms with E-state index in [0.29, 0.717) is 6.54 Å².